The molecule has 118 valence electrons. The molecule has 0 bridgehead atoms. The third-order valence-electron chi connectivity index (χ3n) is 3.77. The highest BCUT2D eigenvalue weighted by Crippen LogP contribution is 2.21. The summed E-state index contributed by atoms with van der Waals surface area (Å²) in [5, 5.41) is 0. The molecule has 1 aliphatic heterocycles. The number of hydrogen-bond donors (Lipinski definition) is 0. The van der Waals surface area contributed by atoms with Crippen molar-refractivity contribution in [2.75, 3.05) is 44.4 Å². The molecule has 2 heterocycles. The van der Waals surface area contributed by atoms with Crippen LogP contribution >= 0.6 is 0 Å². The maximum absolute atomic E-state index is 11.5. The molecule has 0 N–H and O–H groups in total. The van der Waals surface area contributed by atoms with Crippen molar-refractivity contribution in [1.29, 1.82) is 0 Å². The number of ether oxygens (including phenoxy) is 1. The van der Waals surface area contributed by atoms with Gasteiger partial charge in [-0.3, -0.25) is 0 Å². The van der Waals surface area contributed by atoms with Gasteiger partial charge in [-0.1, -0.05) is 0 Å². The van der Waals surface area contributed by atoms with Gasteiger partial charge in [0.25, 0.3) is 0 Å². The number of sulfonamides is 1. The molecule has 0 radical (unpaired) electrons. The van der Waals surface area contributed by atoms with Crippen LogP contribution in [0.2, 0.25) is 0 Å². The lowest BCUT2D eigenvalue weighted by atomic mass is 10.2. The van der Waals surface area contributed by atoms with Crippen molar-refractivity contribution in [3.63, 3.8) is 0 Å². The zero-order valence-electron chi connectivity index (χ0n) is 12.9. The second kappa shape index (κ2) is 6.25. The molecule has 1 atom stereocenters. The van der Waals surface area contributed by atoms with Gasteiger partial charge in [0, 0.05) is 37.9 Å². The van der Waals surface area contributed by atoms with Gasteiger partial charge in [-0.05, 0) is 13.8 Å². The van der Waals surface area contributed by atoms with E-state index in [9.17, 15) is 8.42 Å². The van der Waals surface area contributed by atoms with Gasteiger partial charge in [0.05, 0.1) is 19.0 Å². The maximum atomic E-state index is 11.5. The molecule has 7 nitrogen and oxygen atoms in total. The SMILES string of the molecule is Cc1ncnc(N2CCO[C@H](CN(C)S(C)(=O)=O)C2)c1C. The lowest BCUT2D eigenvalue weighted by Gasteiger charge is -2.35. The van der Waals surface area contributed by atoms with Gasteiger partial charge in [0.1, 0.15) is 12.1 Å². The Morgan fingerprint density at radius 1 is 1.43 bits per heavy atom. The smallest absolute Gasteiger partial charge is 0.211 e. The van der Waals surface area contributed by atoms with E-state index in [4.69, 9.17) is 4.74 Å². The topological polar surface area (TPSA) is 75.6 Å². The van der Waals surface area contributed by atoms with E-state index >= 15 is 0 Å². The molecule has 1 aromatic heterocycles. The Labute approximate surface area is 126 Å². The van der Waals surface area contributed by atoms with E-state index < -0.39 is 10.0 Å². The second-order valence-electron chi connectivity index (χ2n) is 5.39. The van der Waals surface area contributed by atoms with Crippen LogP contribution in [0.15, 0.2) is 6.33 Å². The van der Waals surface area contributed by atoms with Crippen LogP contribution in [-0.2, 0) is 14.8 Å². The number of likely N-dealkylation sites (N-methyl/N-ethyl adjacent to an activating group) is 1. The van der Waals surface area contributed by atoms with Crippen molar-refractivity contribution in [3.8, 4) is 0 Å². The highest BCUT2D eigenvalue weighted by Gasteiger charge is 2.26. The molecule has 0 aromatic carbocycles. The summed E-state index contributed by atoms with van der Waals surface area (Å²) in [5.41, 5.74) is 2.01. The fraction of sp³-hybridized carbons (Fsp3) is 0.692. The van der Waals surface area contributed by atoms with Crippen LogP contribution in [0.25, 0.3) is 0 Å². The van der Waals surface area contributed by atoms with Crippen molar-refractivity contribution in [3.05, 3.63) is 17.6 Å². The van der Waals surface area contributed by atoms with E-state index in [1.165, 1.54) is 10.6 Å². The monoisotopic (exact) mass is 314 g/mol. The first-order valence-electron chi connectivity index (χ1n) is 6.85. The molecule has 1 aromatic rings. The van der Waals surface area contributed by atoms with Gasteiger partial charge in [0.15, 0.2) is 0 Å². The van der Waals surface area contributed by atoms with Gasteiger partial charge in [0.2, 0.25) is 10.0 Å². The van der Waals surface area contributed by atoms with Crippen molar-refractivity contribution >= 4 is 15.8 Å². The standard InChI is InChI=1S/C13H22N4O3S/c1-10-11(2)14-9-15-13(10)17-5-6-20-12(8-17)7-16(3)21(4,18)19/h9,12H,5-8H2,1-4H3/t12-/m1/s1. The summed E-state index contributed by atoms with van der Waals surface area (Å²) in [4.78, 5) is 10.7. The van der Waals surface area contributed by atoms with Crippen molar-refractivity contribution in [1.82, 2.24) is 14.3 Å². The third kappa shape index (κ3) is 3.90. The molecule has 2 rings (SSSR count). The summed E-state index contributed by atoms with van der Waals surface area (Å²) in [7, 11) is -1.62. The first-order valence-corrected chi connectivity index (χ1v) is 8.70. The molecule has 1 fully saturated rings. The Bertz CT molecular complexity index is 605. The highest BCUT2D eigenvalue weighted by atomic mass is 32.2. The Balaban J connectivity index is 2.09. The average Bonchev–Trinajstić information content (AvgIpc) is 2.41. The largest absolute Gasteiger partial charge is 0.373 e. The predicted molar refractivity (Wildman–Crippen MR) is 80.9 cm³/mol. The highest BCUT2D eigenvalue weighted by molar-refractivity contribution is 7.88. The van der Waals surface area contributed by atoms with E-state index in [0.29, 0.717) is 19.7 Å². The summed E-state index contributed by atoms with van der Waals surface area (Å²) in [5.74, 6) is 0.901. The van der Waals surface area contributed by atoms with Crippen LogP contribution < -0.4 is 4.90 Å². The lowest BCUT2D eigenvalue weighted by molar-refractivity contribution is 0.0316. The minimum atomic E-state index is -3.19. The summed E-state index contributed by atoms with van der Waals surface area (Å²) in [6.45, 7) is 6.23. The molecule has 0 spiro atoms. The zero-order valence-corrected chi connectivity index (χ0v) is 13.7. The molecule has 1 saturated heterocycles. The van der Waals surface area contributed by atoms with Crippen molar-refractivity contribution < 1.29 is 13.2 Å². The Morgan fingerprint density at radius 2 is 2.14 bits per heavy atom. The first kappa shape index (κ1) is 16.1. The van der Waals surface area contributed by atoms with Gasteiger partial charge in [-0.15, -0.1) is 0 Å². The summed E-state index contributed by atoms with van der Waals surface area (Å²) < 4.78 is 30.0. The number of anilines is 1. The minimum Gasteiger partial charge on any atom is -0.373 e. The summed E-state index contributed by atoms with van der Waals surface area (Å²) in [6.07, 6.45) is 2.60. The predicted octanol–water partition coefficient (Wildman–Crippen LogP) is 0.190. The van der Waals surface area contributed by atoms with Crippen molar-refractivity contribution in [2.45, 2.75) is 20.0 Å². The molecule has 0 unspecified atom stereocenters. The quantitative estimate of drug-likeness (QED) is 0.790. The zero-order chi connectivity index (χ0) is 15.6. The third-order valence-corrected chi connectivity index (χ3v) is 5.06. The maximum Gasteiger partial charge on any atom is 0.211 e. The second-order valence-corrected chi connectivity index (χ2v) is 7.48. The van der Waals surface area contributed by atoms with Crippen LogP contribution in [0.4, 0.5) is 5.82 Å². The Morgan fingerprint density at radius 3 is 2.81 bits per heavy atom. The van der Waals surface area contributed by atoms with Gasteiger partial charge < -0.3 is 9.64 Å². The molecule has 0 aliphatic carbocycles. The fourth-order valence-corrected chi connectivity index (χ4v) is 2.73. The minimum absolute atomic E-state index is 0.159. The van der Waals surface area contributed by atoms with Gasteiger partial charge in [-0.25, -0.2) is 22.7 Å². The molecule has 21 heavy (non-hydrogen) atoms. The van der Waals surface area contributed by atoms with Gasteiger partial charge in [-0.2, -0.15) is 0 Å². The number of morpholine rings is 1. The average molecular weight is 314 g/mol. The number of nitrogens with zero attached hydrogens (tertiary/aromatic N) is 4. The van der Waals surface area contributed by atoms with Crippen LogP contribution in [-0.4, -0.2) is 68.3 Å². The number of aromatic nitrogens is 2. The van der Waals surface area contributed by atoms with E-state index in [0.717, 1.165) is 23.6 Å². The number of aryl methyl sites for hydroxylation is 1. The molecular weight excluding hydrogens is 292 g/mol. The lowest BCUT2D eigenvalue weighted by Crippen LogP contribution is -2.48. The normalized spacial score (nSPS) is 20.0. The van der Waals surface area contributed by atoms with Crippen LogP contribution in [0, 0.1) is 13.8 Å². The molecule has 0 saturated carbocycles. The van der Waals surface area contributed by atoms with Crippen LogP contribution in [0.5, 0.6) is 0 Å². The number of hydrogen-bond acceptors (Lipinski definition) is 6. The summed E-state index contributed by atoms with van der Waals surface area (Å²) in [6, 6.07) is 0. The van der Waals surface area contributed by atoms with Gasteiger partial charge >= 0.3 is 0 Å². The van der Waals surface area contributed by atoms with Crippen molar-refractivity contribution in [2.24, 2.45) is 0 Å². The Kier molecular flexibility index (Phi) is 4.80. The number of rotatable bonds is 4. The molecule has 0 amide bonds. The van der Waals surface area contributed by atoms with Crippen LogP contribution in [0.1, 0.15) is 11.3 Å². The Hall–Kier alpha value is -1.25. The molecule has 8 heteroatoms. The van der Waals surface area contributed by atoms with E-state index in [1.807, 2.05) is 13.8 Å². The summed E-state index contributed by atoms with van der Waals surface area (Å²) >= 11 is 0. The van der Waals surface area contributed by atoms with E-state index in [1.54, 1.807) is 13.4 Å². The molecule has 1 aliphatic rings. The van der Waals surface area contributed by atoms with E-state index in [2.05, 4.69) is 14.9 Å². The first-order chi connectivity index (χ1) is 9.79. The molecular formula is C13H22N4O3S. The fourth-order valence-electron chi connectivity index (χ4n) is 2.29. The van der Waals surface area contributed by atoms with E-state index in [-0.39, 0.29) is 6.10 Å². The van der Waals surface area contributed by atoms with Crippen LogP contribution in [0.3, 0.4) is 0 Å².